The van der Waals surface area contributed by atoms with E-state index in [-0.39, 0.29) is 18.6 Å². The average Bonchev–Trinajstić information content (AvgIpc) is 3.29. The fourth-order valence-electron chi connectivity index (χ4n) is 2.67. The quantitative estimate of drug-likeness (QED) is 0.313. The molecule has 1 saturated carbocycles. The highest BCUT2D eigenvalue weighted by molar-refractivity contribution is 7.13. The van der Waals surface area contributed by atoms with E-state index in [4.69, 9.17) is 4.74 Å². The SMILES string of the molecule is CN(C)C=O.O=C(COC(=O)C=Cc1cn(-c2ccccc2)nc1-c1cccs1)NC1CC1. The maximum Gasteiger partial charge on any atom is 0.331 e. The highest BCUT2D eigenvalue weighted by atomic mass is 32.1. The number of carbonyl (C=O) groups excluding carboxylic acids is 3. The third-order valence-corrected chi connectivity index (χ3v) is 5.29. The zero-order valence-corrected chi connectivity index (χ0v) is 19.3. The molecule has 1 fully saturated rings. The van der Waals surface area contributed by atoms with Crippen LogP contribution < -0.4 is 5.32 Å². The van der Waals surface area contributed by atoms with Gasteiger partial charge >= 0.3 is 5.97 Å². The summed E-state index contributed by atoms with van der Waals surface area (Å²) in [6, 6.07) is 14.0. The second kappa shape index (κ2) is 11.8. The summed E-state index contributed by atoms with van der Waals surface area (Å²) in [5.74, 6) is -0.823. The van der Waals surface area contributed by atoms with E-state index >= 15 is 0 Å². The van der Waals surface area contributed by atoms with Gasteiger partial charge in [0.25, 0.3) is 5.91 Å². The lowest BCUT2D eigenvalue weighted by molar-refractivity contribution is -0.143. The van der Waals surface area contributed by atoms with Crippen molar-refractivity contribution in [3.05, 3.63) is 65.7 Å². The van der Waals surface area contributed by atoms with E-state index in [1.54, 1.807) is 36.2 Å². The molecule has 8 nitrogen and oxygen atoms in total. The maximum atomic E-state index is 12.0. The number of ether oxygens (including phenoxy) is 1. The summed E-state index contributed by atoms with van der Waals surface area (Å²) >= 11 is 1.58. The normalized spacial score (nSPS) is 12.5. The second-order valence-electron chi connectivity index (χ2n) is 7.54. The van der Waals surface area contributed by atoms with Gasteiger partial charge in [-0.15, -0.1) is 11.3 Å². The molecule has 0 saturated heterocycles. The van der Waals surface area contributed by atoms with Gasteiger partial charge in [-0.05, 0) is 42.5 Å². The minimum absolute atomic E-state index is 0.249. The summed E-state index contributed by atoms with van der Waals surface area (Å²) in [6.45, 7) is -0.263. The monoisotopic (exact) mass is 466 g/mol. The molecule has 0 bridgehead atoms. The molecule has 1 N–H and O–H groups in total. The molecule has 9 heteroatoms. The molecule has 0 unspecified atom stereocenters. The van der Waals surface area contributed by atoms with Crippen molar-refractivity contribution in [2.24, 2.45) is 0 Å². The van der Waals surface area contributed by atoms with Crippen molar-refractivity contribution in [2.75, 3.05) is 20.7 Å². The molecule has 33 heavy (non-hydrogen) atoms. The third kappa shape index (κ3) is 7.73. The van der Waals surface area contributed by atoms with Crippen molar-refractivity contribution in [3.63, 3.8) is 0 Å². The predicted molar refractivity (Wildman–Crippen MR) is 128 cm³/mol. The van der Waals surface area contributed by atoms with Gasteiger partial charge in [0.15, 0.2) is 6.61 Å². The zero-order valence-electron chi connectivity index (χ0n) is 18.5. The molecular weight excluding hydrogens is 440 g/mol. The van der Waals surface area contributed by atoms with Gasteiger partial charge < -0.3 is 15.0 Å². The van der Waals surface area contributed by atoms with Crippen molar-refractivity contribution in [1.29, 1.82) is 0 Å². The number of thiophene rings is 1. The molecule has 1 aliphatic carbocycles. The Morgan fingerprint density at radius 3 is 2.55 bits per heavy atom. The van der Waals surface area contributed by atoms with Crippen LogP contribution in [0, 0.1) is 0 Å². The van der Waals surface area contributed by atoms with E-state index in [0.29, 0.717) is 0 Å². The van der Waals surface area contributed by atoms with Crippen LogP contribution in [0.25, 0.3) is 22.3 Å². The molecule has 0 aliphatic heterocycles. The Morgan fingerprint density at radius 2 is 1.94 bits per heavy atom. The minimum atomic E-state index is -0.560. The summed E-state index contributed by atoms with van der Waals surface area (Å²) < 4.78 is 6.79. The molecule has 1 aliphatic rings. The van der Waals surface area contributed by atoms with Crippen molar-refractivity contribution in [1.82, 2.24) is 20.0 Å². The van der Waals surface area contributed by atoms with E-state index < -0.39 is 5.97 Å². The highest BCUT2D eigenvalue weighted by Crippen LogP contribution is 2.28. The number of hydrogen-bond donors (Lipinski definition) is 1. The summed E-state index contributed by atoms with van der Waals surface area (Å²) in [7, 11) is 3.38. The van der Waals surface area contributed by atoms with Gasteiger partial charge in [-0.1, -0.05) is 24.3 Å². The predicted octanol–water partition coefficient (Wildman–Crippen LogP) is 3.14. The van der Waals surface area contributed by atoms with Gasteiger partial charge in [-0.25, -0.2) is 9.48 Å². The number of nitrogens with one attached hydrogen (secondary N) is 1. The molecule has 0 atom stereocenters. The third-order valence-electron chi connectivity index (χ3n) is 4.42. The number of esters is 1. The Kier molecular flexibility index (Phi) is 8.54. The van der Waals surface area contributed by atoms with Gasteiger partial charge in [0.05, 0.1) is 10.6 Å². The van der Waals surface area contributed by atoms with Crippen LogP contribution >= 0.6 is 11.3 Å². The van der Waals surface area contributed by atoms with E-state index in [0.717, 1.165) is 41.1 Å². The van der Waals surface area contributed by atoms with Crippen LogP contribution in [-0.4, -0.2) is 59.7 Å². The first kappa shape index (κ1) is 23.9. The first-order chi connectivity index (χ1) is 16.0. The van der Waals surface area contributed by atoms with E-state index in [1.807, 2.05) is 54.0 Å². The second-order valence-corrected chi connectivity index (χ2v) is 8.49. The molecular formula is C24H26N4O4S. The van der Waals surface area contributed by atoms with Gasteiger partial charge in [-0.3, -0.25) is 9.59 Å². The van der Waals surface area contributed by atoms with E-state index in [1.165, 1.54) is 11.0 Å². The molecule has 3 aromatic rings. The number of nitrogens with zero attached hydrogens (tertiary/aromatic N) is 3. The summed E-state index contributed by atoms with van der Waals surface area (Å²) in [6.07, 6.45) is 7.61. The van der Waals surface area contributed by atoms with Crippen LogP contribution in [0.15, 0.2) is 60.1 Å². The molecule has 2 heterocycles. The molecule has 172 valence electrons. The number of carbonyl (C=O) groups is 3. The van der Waals surface area contributed by atoms with Crippen molar-refractivity contribution in [2.45, 2.75) is 18.9 Å². The van der Waals surface area contributed by atoms with Crippen LogP contribution in [0.2, 0.25) is 0 Å². The summed E-state index contributed by atoms with van der Waals surface area (Å²) in [5.41, 5.74) is 2.51. The Bertz CT molecular complexity index is 1090. The Morgan fingerprint density at radius 1 is 1.21 bits per heavy atom. The Labute approximate surface area is 196 Å². The van der Waals surface area contributed by atoms with Crippen LogP contribution in [0.5, 0.6) is 0 Å². The molecule has 2 amide bonds. The maximum absolute atomic E-state index is 12.0. The Balaban J connectivity index is 0.000000555. The largest absolute Gasteiger partial charge is 0.452 e. The number of para-hydroxylation sites is 1. The standard InChI is InChI=1S/C21H19N3O3S.C3H7NO/c25-19(22-16-9-10-16)14-27-20(26)11-8-15-13-24(17-5-2-1-3-6-17)23-21(15)18-7-4-12-28-18;1-4(2)3-5/h1-8,11-13,16H,9-10,14H2,(H,22,25);3H,1-2H3. The molecule has 0 spiro atoms. The van der Waals surface area contributed by atoms with Gasteiger partial charge in [0.2, 0.25) is 6.41 Å². The Hall–Kier alpha value is -3.72. The zero-order chi connectivity index (χ0) is 23.6. The number of benzene rings is 1. The summed E-state index contributed by atoms with van der Waals surface area (Å²) in [5, 5.41) is 9.44. The van der Waals surface area contributed by atoms with Crippen molar-refractivity contribution < 1.29 is 19.1 Å². The fourth-order valence-corrected chi connectivity index (χ4v) is 3.40. The first-order valence-corrected chi connectivity index (χ1v) is 11.3. The van der Waals surface area contributed by atoms with Crippen LogP contribution in [-0.2, 0) is 19.1 Å². The van der Waals surface area contributed by atoms with Crippen molar-refractivity contribution >= 4 is 35.7 Å². The van der Waals surface area contributed by atoms with E-state index in [9.17, 15) is 14.4 Å². The lowest BCUT2D eigenvalue weighted by atomic mass is 10.2. The van der Waals surface area contributed by atoms with Crippen LogP contribution in [0.3, 0.4) is 0 Å². The molecule has 1 aromatic carbocycles. The fraction of sp³-hybridized carbons (Fsp3) is 0.250. The number of aromatic nitrogens is 2. The van der Waals surface area contributed by atoms with Crippen molar-refractivity contribution in [3.8, 4) is 16.3 Å². The molecule has 4 rings (SSSR count). The lowest BCUT2D eigenvalue weighted by Gasteiger charge is -2.02. The summed E-state index contributed by atoms with van der Waals surface area (Å²) in [4.78, 5) is 35.5. The molecule has 0 radical (unpaired) electrons. The van der Waals surface area contributed by atoms with Gasteiger partial charge in [0, 0.05) is 38.0 Å². The number of rotatable bonds is 8. The van der Waals surface area contributed by atoms with E-state index in [2.05, 4.69) is 10.4 Å². The van der Waals surface area contributed by atoms with Gasteiger partial charge in [-0.2, -0.15) is 5.10 Å². The topological polar surface area (TPSA) is 93.5 Å². The smallest absolute Gasteiger partial charge is 0.331 e. The van der Waals surface area contributed by atoms with Crippen LogP contribution in [0.4, 0.5) is 0 Å². The molecule has 2 aromatic heterocycles. The number of amides is 2. The lowest BCUT2D eigenvalue weighted by Crippen LogP contribution is -2.30. The van der Waals surface area contributed by atoms with Crippen LogP contribution in [0.1, 0.15) is 18.4 Å². The number of hydrogen-bond acceptors (Lipinski definition) is 6. The van der Waals surface area contributed by atoms with Gasteiger partial charge in [0.1, 0.15) is 5.69 Å². The first-order valence-electron chi connectivity index (χ1n) is 10.4. The average molecular weight is 467 g/mol. The minimum Gasteiger partial charge on any atom is -0.452 e. The highest BCUT2D eigenvalue weighted by Gasteiger charge is 2.23.